The molecule has 2 aliphatic heterocycles. The van der Waals surface area contributed by atoms with Crippen molar-refractivity contribution in [2.45, 2.75) is 18.9 Å². The molecule has 1 fully saturated rings. The molecule has 1 N–H and O–H groups in total. The highest BCUT2D eigenvalue weighted by Crippen LogP contribution is 2.33. The third-order valence-electron chi connectivity index (χ3n) is 3.07. The molecular weight excluding hydrogens is 218 g/mol. The Morgan fingerprint density at radius 3 is 2.76 bits per heavy atom. The number of rotatable bonds is 2. The van der Waals surface area contributed by atoms with Crippen LogP contribution in [0.4, 0.5) is 5.69 Å². The lowest BCUT2D eigenvalue weighted by Crippen LogP contribution is -2.30. The van der Waals surface area contributed by atoms with Crippen LogP contribution in [0.5, 0.6) is 11.5 Å². The summed E-state index contributed by atoms with van der Waals surface area (Å²) < 4.78 is 16.5. The van der Waals surface area contributed by atoms with Crippen LogP contribution in [0.2, 0.25) is 0 Å². The van der Waals surface area contributed by atoms with Crippen LogP contribution in [0.3, 0.4) is 0 Å². The fourth-order valence-electron chi connectivity index (χ4n) is 2.22. The summed E-state index contributed by atoms with van der Waals surface area (Å²) in [5.74, 6) is 1.67. The number of benzene rings is 1. The highest BCUT2D eigenvalue weighted by atomic mass is 16.6. The van der Waals surface area contributed by atoms with E-state index in [0.717, 1.165) is 43.2 Å². The molecule has 1 unspecified atom stereocenters. The van der Waals surface area contributed by atoms with Gasteiger partial charge in [-0.15, -0.1) is 0 Å². The minimum absolute atomic E-state index is 0.409. The van der Waals surface area contributed by atoms with Crippen molar-refractivity contribution in [3.05, 3.63) is 18.2 Å². The molecule has 4 heteroatoms. The lowest BCUT2D eigenvalue weighted by molar-refractivity contribution is 0.0876. The molecule has 1 aromatic carbocycles. The Morgan fingerprint density at radius 1 is 1.06 bits per heavy atom. The molecule has 4 nitrogen and oxygen atoms in total. The Bertz CT molecular complexity index is 388. The van der Waals surface area contributed by atoms with Crippen molar-refractivity contribution in [3.8, 4) is 11.5 Å². The van der Waals surface area contributed by atoms with E-state index in [2.05, 4.69) is 5.32 Å². The molecule has 0 saturated carbocycles. The van der Waals surface area contributed by atoms with Crippen LogP contribution in [0, 0.1) is 0 Å². The van der Waals surface area contributed by atoms with Gasteiger partial charge in [-0.05, 0) is 25.0 Å². The highest BCUT2D eigenvalue weighted by Gasteiger charge is 2.16. The zero-order chi connectivity index (χ0) is 11.5. The van der Waals surface area contributed by atoms with Crippen molar-refractivity contribution in [1.29, 1.82) is 0 Å². The Kier molecular flexibility index (Phi) is 3.05. The molecule has 17 heavy (non-hydrogen) atoms. The van der Waals surface area contributed by atoms with Crippen LogP contribution < -0.4 is 14.8 Å². The van der Waals surface area contributed by atoms with E-state index in [-0.39, 0.29) is 0 Å². The van der Waals surface area contributed by atoms with Crippen molar-refractivity contribution >= 4 is 5.69 Å². The molecule has 0 aromatic heterocycles. The van der Waals surface area contributed by atoms with Crippen LogP contribution in [-0.2, 0) is 4.74 Å². The SMILES string of the molecule is c1cc2c(cc1NC1CCCOC1)OCCO2. The maximum absolute atomic E-state index is 5.56. The van der Waals surface area contributed by atoms with Gasteiger partial charge in [0, 0.05) is 24.4 Å². The zero-order valence-electron chi connectivity index (χ0n) is 9.78. The van der Waals surface area contributed by atoms with E-state index in [0.29, 0.717) is 19.3 Å². The quantitative estimate of drug-likeness (QED) is 0.851. The largest absolute Gasteiger partial charge is 0.486 e. The summed E-state index contributed by atoms with van der Waals surface area (Å²) in [6, 6.07) is 6.40. The first-order valence-electron chi connectivity index (χ1n) is 6.16. The van der Waals surface area contributed by atoms with Gasteiger partial charge in [-0.2, -0.15) is 0 Å². The lowest BCUT2D eigenvalue weighted by atomic mass is 10.1. The van der Waals surface area contributed by atoms with Gasteiger partial charge in [-0.25, -0.2) is 0 Å². The standard InChI is InChI=1S/C13H17NO3/c1-2-11(9-15-5-1)14-10-3-4-12-13(8-10)17-7-6-16-12/h3-4,8,11,14H,1-2,5-7,9H2. The second kappa shape index (κ2) is 4.84. The molecule has 1 atom stereocenters. The molecule has 1 aromatic rings. The van der Waals surface area contributed by atoms with Crippen molar-refractivity contribution < 1.29 is 14.2 Å². The average molecular weight is 235 g/mol. The van der Waals surface area contributed by atoms with Crippen LogP contribution in [-0.4, -0.2) is 32.5 Å². The van der Waals surface area contributed by atoms with Gasteiger partial charge in [-0.3, -0.25) is 0 Å². The van der Waals surface area contributed by atoms with Gasteiger partial charge < -0.3 is 19.5 Å². The van der Waals surface area contributed by atoms with Gasteiger partial charge in [-0.1, -0.05) is 0 Å². The molecule has 92 valence electrons. The molecule has 0 spiro atoms. The van der Waals surface area contributed by atoms with E-state index in [1.165, 1.54) is 0 Å². The Morgan fingerprint density at radius 2 is 1.94 bits per heavy atom. The first-order chi connectivity index (χ1) is 8.42. The maximum atomic E-state index is 5.56. The summed E-state index contributed by atoms with van der Waals surface area (Å²) in [4.78, 5) is 0. The van der Waals surface area contributed by atoms with Gasteiger partial charge in [0.25, 0.3) is 0 Å². The molecule has 0 aliphatic carbocycles. The molecule has 3 rings (SSSR count). The number of anilines is 1. The minimum Gasteiger partial charge on any atom is -0.486 e. The van der Waals surface area contributed by atoms with Gasteiger partial charge >= 0.3 is 0 Å². The van der Waals surface area contributed by atoms with Gasteiger partial charge in [0.1, 0.15) is 13.2 Å². The molecule has 0 bridgehead atoms. The van der Waals surface area contributed by atoms with Crippen molar-refractivity contribution in [3.63, 3.8) is 0 Å². The number of ether oxygens (including phenoxy) is 3. The monoisotopic (exact) mass is 235 g/mol. The zero-order valence-corrected chi connectivity index (χ0v) is 9.78. The summed E-state index contributed by atoms with van der Waals surface area (Å²) in [6.07, 6.45) is 2.29. The first-order valence-corrected chi connectivity index (χ1v) is 6.16. The predicted octanol–water partition coefficient (Wildman–Crippen LogP) is 2.05. The Hall–Kier alpha value is -1.42. The molecule has 1 saturated heterocycles. The predicted molar refractivity (Wildman–Crippen MR) is 64.9 cm³/mol. The van der Waals surface area contributed by atoms with E-state index >= 15 is 0 Å². The van der Waals surface area contributed by atoms with Gasteiger partial charge in [0.05, 0.1) is 6.61 Å². The summed E-state index contributed by atoms with van der Waals surface area (Å²) in [5.41, 5.74) is 1.07. The van der Waals surface area contributed by atoms with Crippen molar-refractivity contribution in [1.82, 2.24) is 0 Å². The Labute approximate surface area is 101 Å². The lowest BCUT2D eigenvalue weighted by Gasteiger charge is -2.25. The number of hydrogen-bond donors (Lipinski definition) is 1. The summed E-state index contributed by atoms with van der Waals surface area (Å²) in [5, 5.41) is 3.47. The third kappa shape index (κ3) is 2.47. The summed E-state index contributed by atoms with van der Waals surface area (Å²) in [7, 11) is 0. The van der Waals surface area contributed by atoms with Crippen molar-refractivity contribution in [2.75, 3.05) is 31.7 Å². The van der Waals surface area contributed by atoms with E-state index in [4.69, 9.17) is 14.2 Å². The van der Waals surface area contributed by atoms with E-state index in [1.807, 2.05) is 18.2 Å². The fourth-order valence-corrected chi connectivity index (χ4v) is 2.22. The van der Waals surface area contributed by atoms with Crippen LogP contribution in [0.15, 0.2) is 18.2 Å². The topological polar surface area (TPSA) is 39.7 Å². The van der Waals surface area contributed by atoms with E-state index in [9.17, 15) is 0 Å². The van der Waals surface area contributed by atoms with Crippen LogP contribution in [0.25, 0.3) is 0 Å². The second-order valence-electron chi connectivity index (χ2n) is 4.42. The summed E-state index contributed by atoms with van der Waals surface area (Å²) >= 11 is 0. The maximum Gasteiger partial charge on any atom is 0.163 e. The van der Waals surface area contributed by atoms with Crippen molar-refractivity contribution in [2.24, 2.45) is 0 Å². The van der Waals surface area contributed by atoms with Crippen LogP contribution >= 0.6 is 0 Å². The normalized spacial score (nSPS) is 23.2. The third-order valence-corrected chi connectivity index (χ3v) is 3.07. The summed E-state index contributed by atoms with van der Waals surface area (Å²) in [6.45, 7) is 2.94. The van der Waals surface area contributed by atoms with Gasteiger partial charge in [0.15, 0.2) is 11.5 Å². The Balaban J connectivity index is 1.70. The van der Waals surface area contributed by atoms with Gasteiger partial charge in [0.2, 0.25) is 0 Å². The molecule has 0 radical (unpaired) electrons. The second-order valence-corrected chi connectivity index (χ2v) is 4.42. The van der Waals surface area contributed by atoms with Crippen LogP contribution in [0.1, 0.15) is 12.8 Å². The minimum atomic E-state index is 0.409. The molecule has 2 heterocycles. The number of nitrogens with one attached hydrogen (secondary N) is 1. The van der Waals surface area contributed by atoms with E-state index in [1.54, 1.807) is 0 Å². The number of fused-ring (bicyclic) bond motifs is 1. The molecule has 0 amide bonds. The average Bonchev–Trinajstić information content (AvgIpc) is 2.40. The fraction of sp³-hybridized carbons (Fsp3) is 0.538. The highest BCUT2D eigenvalue weighted by molar-refractivity contribution is 5.55. The first kappa shape index (κ1) is 10.7. The smallest absolute Gasteiger partial charge is 0.163 e. The molecule has 2 aliphatic rings. The van der Waals surface area contributed by atoms with E-state index < -0.39 is 0 Å². The number of hydrogen-bond acceptors (Lipinski definition) is 4. The molecular formula is C13H17NO3.